The summed E-state index contributed by atoms with van der Waals surface area (Å²) in [5.74, 6) is -0.143. The molecule has 0 radical (unpaired) electrons. The predicted octanol–water partition coefficient (Wildman–Crippen LogP) is 6.10. The Morgan fingerprint density at radius 2 is 1.45 bits per heavy atom. The Hall–Kier alpha value is -3.35. The fraction of sp³-hybridized carbons (Fsp3) is 0.423. The Morgan fingerprint density at radius 1 is 0.939 bits per heavy atom. The molecule has 184 valence electrons. The second-order valence-electron chi connectivity index (χ2n) is 5.97. The van der Waals surface area contributed by atoms with E-state index in [4.69, 9.17) is 0 Å². The molecule has 7 heteroatoms. The molecule has 0 aromatic heterocycles. The SMILES string of the molecule is C.CC.CC.CCOC(=O)NC.O=C1CCN(Cc2ccccc2)C(=O)N1c1ccccc1. The molecule has 1 aliphatic heterocycles. The van der Waals surface area contributed by atoms with Gasteiger partial charge in [0.25, 0.3) is 0 Å². The van der Waals surface area contributed by atoms with Crippen molar-refractivity contribution < 1.29 is 19.1 Å². The largest absolute Gasteiger partial charge is 0.450 e. The summed E-state index contributed by atoms with van der Waals surface area (Å²) < 4.78 is 4.44. The van der Waals surface area contributed by atoms with E-state index in [1.165, 1.54) is 11.9 Å². The van der Waals surface area contributed by atoms with Crippen LogP contribution in [0.4, 0.5) is 15.3 Å². The number of para-hydroxylation sites is 1. The number of alkyl carbamates (subject to hydrolysis) is 1. The van der Waals surface area contributed by atoms with Crippen LogP contribution in [0.2, 0.25) is 0 Å². The molecule has 0 unspecified atom stereocenters. The number of imide groups is 1. The molecule has 1 heterocycles. The molecule has 0 aliphatic carbocycles. The number of ether oxygens (including phenoxy) is 1. The monoisotopic (exact) mass is 459 g/mol. The highest BCUT2D eigenvalue weighted by molar-refractivity contribution is 6.15. The molecule has 0 spiro atoms. The Balaban J connectivity index is 0. The topological polar surface area (TPSA) is 79.0 Å². The van der Waals surface area contributed by atoms with Crippen molar-refractivity contribution in [2.24, 2.45) is 0 Å². The van der Waals surface area contributed by atoms with Crippen LogP contribution in [0.25, 0.3) is 0 Å². The zero-order chi connectivity index (χ0) is 24.4. The maximum absolute atomic E-state index is 12.6. The molecule has 0 atom stereocenters. The van der Waals surface area contributed by atoms with Gasteiger partial charge in [0.15, 0.2) is 0 Å². The number of hydrogen-bond acceptors (Lipinski definition) is 4. The zero-order valence-corrected chi connectivity index (χ0v) is 20.1. The van der Waals surface area contributed by atoms with Gasteiger partial charge in [-0.15, -0.1) is 0 Å². The van der Waals surface area contributed by atoms with Crippen molar-refractivity contribution in [2.75, 3.05) is 25.1 Å². The summed E-state index contributed by atoms with van der Waals surface area (Å²) in [6.07, 6.45) is -0.0181. The van der Waals surface area contributed by atoms with Gasteiger partial charge in [-0.2, -0.15) is 0 Å². The number of amides is 4. The first-order valence-corrected chi connectivity index (χ1v) is 11.1. The third kappa shape index (κ3) is 11.2. The predicted molar refractivity (Wildman–Crippen MR) is 136 cm³/mol. The highest BCUT2D eigenvalue weighted by atomic mass is 16.5. The first kappa shape index (κ1) is 31.8. The fourth-order valence-electron chi connectivity index (χ4n) is 2.67. The molecule has 0 bridgehead atoms. The molecule has 1 N–H and O–H groups in total. The molecule has 2 aromatic rings. The molecule has 2 aromatic carbocycles. The van der Waals surface area contributed by atoms with E-state index in [1.807, 2.05) is 76.2 Å². The van der Waals surface area contributed by atoms with E-state index in [0.717, 1.165) is 5.56 Å². The number of anilines is 1. The summed E-state index contributed by atoms with van der Waals surface area (Å²) in [6, 6.07) is 18.6. The second kappa shape index (κ2) is 19.3. The minimum atomic E-state index is -0.373. The van der Waals surface area contributed by atoms with Crippen LogP contribution in [0.5, 0.6) is 0 Å². The molecule has 1 saturated heterocycles. The number of urea groups is 1. The second-order valence-corrected chi connectivity index (χ2v) is 5.97. The van der Waals surface area contributed by atoms with Crippen LogP contribution in [-0.2, 0) is 16.1 Å². The third-order valence-corrected chi connectivity index (χ3v) is 4.02. The number of nitrogens with one attached hydrogen (secondary N) is 1. The van der Waals surface area contributed by atoms with E-state index in [2.05, 4.69) is 10.1 Å². The summed E-state index contributed by atoms with van der Waals surface area (Å²) in [5, 5.41) is 2.30. The molecule has 7 nitrogen and oxygen atoms in total. The molecule has 3 rings (SSSR count). The quantitative estimate of drug-likeness (QED) is 0.599. The molecular formula is C26H41N3O4. The highest BCUT2D eigenvalue weighted by Gasteiger charge is 2.32. The third-order valence-electron chi connectivity index (χ3n) is 4.02. The number of carbonyl (C=O) groups is 3. The zero-order valence-electron chi connectivity index (χ0n) is 20.1. The Labute approximate surface area is 199 Å². The van der Waals surface area contributed by atoms with E-state index >= 15 is 0 Å². The first-order chi connectivity index (χ1) is 15.6. The van der Waals surface area contributed by atoms with Crippen LogP contribution in [0.3, 0.4) is 0 Å². The summed E-state index contributed by atoms with van der Waals surface area (Å²) >= 11 is 0. The van der Waals surface area contributed by atoms with Gasteiger partial charge in [-0.05, 0) is 24.6 Å². The highest BCUT2D eigenvalue weighted by Crippen LogP contribution is 2.21. The standard InChI is InChI=1S/C17H16N2O2.C4H9NO2.2C2H6.CH4/c20-16-11-12-18(13-14-7-3-1-4-8-14)17(21)19(16)15-9-5-2-6-10-15;1-3-7-4(6)5-2;2*1-2;/h1-10H,11-13H2;3H2,1-2H3,(H,5,6);2*1-2H3;1H4. The van der Waals surface area contributed by atoms with Gasteiger partial charge in [0.1, 0.15) is 0 Å². The maximum Gasteiger partial charge on any atom is 0.406 e. The fourth-order valence-corrected chi connectivity index (χ4v) is 2.67. The van der Waals surface area contributed by atoms with Crippen LogP contribution in [0.1, 0.15) is 54.0 Å². The lowest BCUT2D eigenvalue weighted by molar-refractivity contribution is -0.119. The molecular weight excluding hydrogens is 418 g/mol. The van der Waals surface area contributed by atoms with E-state index in [0.29, 0.717) is 31.8 Å². The van der Waals surface area contributed by atoms with Gasteiger partial charge in [0.2, 0.25) is 5.91 Å². The van der Waals surface area contributed by atoms with Crippen molar-refractivity contribution in [3.05, 3.63) is 66.2 Å². The van der Waals surface area contributed by atoms with E-state index in [1.54, 1.807) is 24.0 Å². The lowest BCUT2D eigenvalue weighted by Gasteiger charge is -2.34. The smallest absolute Gasteiger partial charge is 0.406 e. The van der Waals surface area contributed by atoms with Crippen molar-refractivity contribution >= 4 is 23.7 Å². The molecule has 4 amide bonds. The van der Waals surface area contributed by atoms with E-state index in [9.17, 15) is 14.4 Å². The van der Waals surface area contributed by atoms with E-state index in [-0.39, 0.29) is 25.5 Å². The normalized spacial score (nSPS) is 11.8. The van der Waals surface area contributed by atoms with Gasteiger partial charge in [-0.3, -0.25) is 4.79 Å². The lowest BCUT2D eigenvalue weighted by atomic mass is 10.1. The Bertz CT molecular complexity index is 783. The van der Waals surface area contributed by atoms with Crippen molar-refractivity contribution in [2.45, 2.75) is 55.0 Å². The maximum atomic E-state index is 12.6. The van der Waals surface area contributed by atoms with Crippen molar-refractivity contribution in [3.8, 4) is 0 Å². The van der Waals surface area contributed by atoms with Crippen LogP contribution >= 0.6 is 0 Å². The number of nitrogens with zero attached hydrogens (tertiary/aromatic N) is 2. The van der Waals surface area contributed by atoms with Crippen molar-refractivity contribution in [1.29, 1.82) is 0 Å². The summed E-state index contributed by atoms with van der Waals surface area (Å²) in [7, 11) is 1.53. The summed E-state index contributed by atoms with van der Waals surface area (Å²) in [5.41, 5.74) is 1.69. The first-order valence-electron chi connectivity index (χ1n) is 11.1. The van der Waals surface area contributed by atoms with Crippen LogP contribution < -0.4 is 10.2 Å². The Morgan fingerprint density at radius 3 is 1.91 bits per heavy atom. The number of rotatable bonds is 4. The average molecular weight is 460 g/mol. The summed E-state index contributed by atoms with van der Waals surface area (Å²) in [4.78, 5) is 37.7. The van der Waals surface area contributed by atoms with Gasteiger partial charge in [-0.1, -0.05) is 83.7 Å². The van der Waals surface area contributed by atoms with E-state index < -0.39 is 0 Å². The Kier molecular flexibility index (Phi) is 18.7. The minimum Gasteiger partial charge on any atom is -0.450 e. The molecule has 1 fully saturated rings. The number of hydrogen-bond donors (Lipinski definition) is 1. The van der Waals surface area contributed by atoms with Gasteiger partial charge in [0.05, 0.1) is 12.3 Å². The summed E-state index contributed by atoms with van der Waals surface area (Å²) in [6.45, 7) is 11.2. The average Bonchev–Trinajstić information content (AvgIpc) is 2.85. The van der Waals surface area contributed by atoms with Crippen molar-refractivity contribution in [1.82, 2.24) is 10.2 Å². The number of carbonyl (C=O) groups excluding carboxylic acids is 3. The van der Waals surface area contributed by atoms with Crippen molar-refractivity contribution in [3.63, 3.8) is 0 Å². The molecule has 1 aliphatic rings. The minimum absolute atomic E-state index is 0. The van der Waals surface area contributed by atoms with Gasteiger partial charge in [0, 0.05) is 26.6 Å². The van der Waals surface area contributed by atoms with Crippen LogP contribution in [-0.4, -0.2) is 43.1 Å². The van der Waals surface area contributed by atoms with Gasteiger partial charge < -0.3 is 15.0 Å². The lowest BCUT2D eigenvalue weighted by Crippen LogP contribution is -2.52. The van der Waals surface area contributed by atoms with Crippen LogP contribution in [0, 0.1) is 0 Å². The molecule has 33 heavy (non-hydrogen) atoms. The van der Waals surface area contributed by atoms with Gasteiger partial charge >= 0.3 is 12.1 Å². The number of benzene rings is 2. The molecule has 0 saturated carbocycles. The van der Waals surface area contributed by atoms with Crippen LogP contribution in [0.15, 0.2) is 60.7 Å². The van der Waals surface area contributed by atoms with Gasteiger partial charge in [-0.25, -0.2) is 14.5 Å².